The smallest absolute Gasteiger partial charge is 0.160 e. The lowest BCUT2D eigenvalue weighted by Gasteiger charge is -2.08. The van der Waals surface area contributed by atoms with E-state index in [1.807, 2.05) is 0 Å². The van der Waals surface area contributed by atoms with Crippen molar-refractivity contribution in [1.82, 2.24) is 8.75 Å². The summed E-state index contributed by atoms with van der Waals surface area (Å²) in [5, 5.41) is 3.18. The lowest BCUT2D eigenvalue weighted by Crippen LogP contribution is -2.18. The predicted octanol–water partition coefficient (Wildman–Crippen LogP) is 1.13. The topological polar surface area (TPSA) is 47.0 Å². The van der Waals surface area contributed by atoms with Crippen molar-refractivity contribution in [3.8, 4) is 0 Å². The minimum Gasteiger partial charge on any atom is -0.376 e. The Balaban J connectivity index is 1.74. The Kier molecular flexibility index (Phi) is 2.53. The zero-order chi connectivity index (χ0) is 8.23. The van der Waals surface area contributed by atoms with Crippen molar-refractivity contribution in [2.45, 2.75) is 18.9 Å². The van der Waals surface area contributed by atoms with Gasteiger partial charge in [0.2, 0.25) is 0 Å². The van der Waals surface area contributed by atoms with Gasteiger partial charge in [-0.05, 0) is 12.8 Å². The number of nitrogens with zero attached hydrogens (tertiary/aromatic N) is 2. The summed E-state index contributed by atoms with van der Waals surface area (Å²) in [6.45, 7) is 1.76. The number of nitrogens with one attached hydrogen (secondary N) is 1. The zero-order valence-electron chi connectivity index (χ0n) is 6.69. The Bertz CT molecular complexity index is 221. The van der Waals surface area contributed by atoms with Gasteiger partial charge >= 0.3 is 0 Å². The van der Waals surface area contributed by atoms with Gasteiger partial charge in [0.05, 0.1) is 24.0 Å². The van der Waals surface area contributed by atoms with Crippen LogP contribution in [0.2, 0.25) is 0 Å². The van der Waals surface area contributed by atoms with E-state index in [-0.39, 0.29) is 0 Å². The number of hydrogen-bond donors (Lipinski definition) is 1. The molecule has 0 radical (unpaired) electrons. The normalized spacial score (nSPS) is 22.8. The van der Waals surface area contributed by atoms with Gasteiger partial charge in [-0.15, -0.1) is 0 Å². The van der Waals surface area contributed by atoms with E-state index in [1.54, 1.807) is 6.20 Å². The van der Waals surface area contributed by atoms with Crippen LogP contribution < -0.4 is 5.32 Å². The van der Waals surface area contributed by atoms with E-state index < -0.39 is 0 Å². The lowest BCUT2D eigenvalue weighted by atomic mass is 10.2. The fraction of sp³-hybridized carbons (Fsp3) is 0.714. The number of rotatable bonds is 3. The van der Waals surface area contributed by atoms with E-state index in [0.29, 0.717) is 6.10 Å². The van der Waals surface area contributed by atoms with Gasteiger partial charge in [-0.3, -0.25) is 0 Å². The molecule has 2 rings (SSSR count). The maximum absolute atomic E-state index is 5.44. The third kappa shape index (κ3) is 1.92. The quantitative estimate of drug-likeness (QED) is 0.766. The SMILES string of the molecule is c1nsnc1NCC1CCCO1. The van der Waals surface area contributed by atoms with Crippen molar-refractivity contribution in [3.05, 3.63) is 6.20 Å². The lowest BCUT2D eigenvalue weighted by molar-refractivity contribution is 0.120. The van der Waals surface area contributed by atoms with E-state index in [4.69, 9.17) is 4.74 Å². The Hall–Kier alpha value is -0.680. The average molecular weight is 185 g/mol. The maximum Gasteiger partial charge on any atom is 0.160 e. The average Bonchev–Trinajstić information content (AvgIpc) is 2.74. The summed E-state index contributed by atoms with van der Waals surface area (Å²) < 4.78 is 13.4. The van der Waals surface area contributed by atoms with Crippen molar-refractivity contribution >= 4 is 17.5 Å². The molecule has 66 valence electrons. The Morgan fingerprint density at radius 2 is 2.75 bits per heavy atom. The van der Waals surface area contributed by atoms with Gasteiger partial charge in [0.25, 0.3) is 0 Å². The van der Waals surface area contributed by atoms with Crippen LogP contribution in [0.5, 0.6) is 0 Å². The molecule has 1 aliphatic heterocycles. The minimum atomic E-state index is 0.367. The molecular weight excluding hydrogens is 174 g/mol. The first kappa shape index (κ1) is 7.94. The molecule has 1 aliphatic rings. The summed E-state index contributed by atoms with van der Waals surface area (Å²) in [4.78, 5) is 0. The van der Waals surface area contributed by atoms with E-state index >= 15 is 0 Å². The second-order valence-corrected chi connectivity index (χ2v) is 3.37. The fourth-order valence-electron chi connectivity index (χ4n) is 1.27. The molecule has 1 aromatic rings. The minimum absolute atomic E-state index is 0.367. The highest BCUT2D eigenvalue weighted by Gasteiger charge is 2.14. The summed E-state index contributed by atoms with van der Waals surface area (Å²) in [6.07, 6.45) is 4.44. The molecule has 2 heterocycles. The van der Waals surface area contributed by atoms with Crippen LogP contribution in [-0.2, 0) is 4.74 Å². The molecular formula is C7H11N3OS. The monoisotopic (exact) mass is 185 g/mol. The van der Waals surface area contributed by atoms with Crippen molar-refractivity contribution < 1.29 is 4.74 Å². The molecule has 5 heteroatoms. The van der Waals surface area contributed by atoms with Gasteiger partial charge in [-0.25, -0.2) is 0 Å². The first-order chi connectivity index (χ1) is 5.95. The third-order valence-electron chi connectivity index (χ3n) is 1.90. The highest BCUT2D eigenvalue weighted by atomic mass is 32.1. The molecule has 0 amide bonds. The molecule has 0 saturated carbocycles. The van der Waals surface area contributed by atoms with Crippen molar-refractivity contribution in [2.75, 3.05) is 18.5 Å². The molecule has 0 bridgehead atoms. The molecule has 12 heavy (non-hydrogen) atoms. The standard InChI is InChI=1S/C7H11N3OS/c1-2-6(11-3-1)4-8-7-5-9-12-10-7/h5-6H,1-4H2,(H,8,10). The summed E-state index contributed by atoms with van der Waals surface area (Å²) in [5.41, 5.74) is 0. The molecule has 0 aromatic carbocycles. The fourth-order valence-corrected chi connectivity index (χ4v) is 1.66. The van der Waals surface area contributed by atoms with Crippen molar-refractivity contribution in [2.24, 2.45) is 0 Å². The Labute approximate surface area is 75.3 Å². The molecule has 0 aliphatic carbocycles. The number of aromatic nitrogens is 2. The van der Waals surface area contributed by atoms with E-state index in [2.05, 4.69) is 14.1 Å². The highest BCUT2D eigenvalue weighted by molar-refractivity contribution is 6.99. The van der Waals surface area contributed by atoms with E-state index in [9.17, 15) is 0 Å². The molecule has 4 nitrogen and oxygen atoms in total. The Morgan fingerprint density at radius 3 is 3.42 bits per heavy atom. The van der Waals surface area contributed by atoms with Crippen molar-refractivity contribution in [3.63, 3.8) is 0 Å². The Morgan fingerprint density at radius 1 is 1.75 bits per heavy atom. The van der Waals surface area contributed by atoms with E-state index in [1.165, 1.54) is 18.1 Å². The predicted molar refractivity (Wildman–Crippen MR) is 47.4 cm³/mol. The van der Waals surface area contributed by atoms with E-state index in [0.717, 1.165) is 25.4 Å². The van der Waals surface area contributed by atoms with Crippen LogP contribution in [0.1, 0.15) is 12.8 Å². The van der Waals surface area contributed by atoms with Gasteiger partial charge in [-0.2, -0.15) is 8.75 Å². The summed E-state index contributed by atoms with van der Waals surface area (Å²) in [7, 11) is 0. The first-order valence-electron chi connectivity index (χ1n) is 4.08. The van der Waals surface area contributed by atoms with Gasteiger partial charge in [0.1, 0.15) is 0 Å². The van der Waals surface area contributed by atoms with Crippen LogP contribution in [-0.4, -0.2) is 28.0 Å². The van der Waals surface area contributed by atoms with Crippen LogP contribution in [0.25, 0.3) is 0 Å². The van der Waals surface area contributed by atoms with Gasteiger partial charge in [-0.1, -0.05) is 0 Å². The van der Waals surface area contributed by atoms with Gasteiger partial charge < -0.3 is 10.1 Å². The molecule has 1 N–H and O–H groups in total. The highest BCUT2D eigenvalue weighted by Crippen LogP contribution is 2.12. The molecule has 1 aromatic heterocycles. The van der Waals surface area contributed by atoms with Crippen LogP contribution >= 0.6 is 11.7 Å². The maximum atomic E-state index is 5.44. The third-order valence-corrected chi connectivity index (χ3v) is 2.37. The van der Waals surface area contributed by atoms with Gasteiger partial charge in [0.15, 0.2) is 5.82 Å². The molecule has 1 unspecified atom stereocenters. The van der Waals surface area contributed by atoms with Crippen LogP contribution in [0, 0.1) is 0 Å². The summed E-state index contributed by atoms with van der Waals surface area (Å²) >= 11 is 1.22. The number of anilines is 1. The number of hydrogen-bond acceptors (Lipinski definition) is 5. The first-order valence-corrected chi connectivity index (χ1v) is 4.81. The van der Waals surface area contributed by atoms with Crippen molar-refractivity contribution in [1.29, 1.82) is 0 Å². The molecule has 1 fully saturated rings. The van der Waals surface area contributed by atoms with Crippen LogP contribution in [0.4, 0.5) is 5.82 Å². The summed E-state index contributed by atoms with van der Waals surface area (Å²) in [5.74, 6) is 0.857. The van der Waals surface area contributed by atoms with Gasteiger partial charge in [0, 0.05) is 13.2 Å². The molecule has 0 spiro atoms. The largest absolute Gasteiger partial charge is 0.376 e. The second-order valence-electron chi connectivity index (χ2n) is 2.81. The second kappa shape index (κ2) is 3.82. The summed E-state index contributed by atoms with van der Waals surface area (Å²) in [6, 6.07) is 0. The molecule has 1 atom stereocenters. The molecule has 1 saturated heterocycles. The van der Waals surface area contributed by atoms with Crippen LogP contribution in [0.3, 0.4) is 0 Å². The van der Waals surface area contributed by atoms with Crippen LogP contribution in [0.15, 0.2) is 6.20 Å². The number of ether oxygens (including phenoxy) is 1. The zero-order valence-corrected chi connectivity index (χ0v) is 7.51.